The predicted octanol–water partition coefficient (Wildman–Crippen LogP) is 2.10. The zero-order chi connectivity index (χ0) is 14.4. The average molecular weight is 265 g/mol. The molecule has 0 saturated heterocycles. The van der Waals surface area contributed by atoms with E-state index >= 15 is 0 Å². The normalized spacial score (nSPS) is 9.26. The monoisotopic (exact) mass is 265 g/mol. The van der Waals surface area contributed by atoms with Gasteiger partial charge in [0, 0.05) is 18.2 Å². The van der Waals surface area contributed by atoms with Gasteiger partial charge in [-0.2, -0.15) is 0 Å². The van der Waals surface area contributed by atoms with Crippen molar-refractivity contribution in [1.82, 2.24) is 0 Å². The molecule has 2 aromatic rings. The van der Waals surface area contributed by atoms with Crippen molar-refractivity contribution in [2.24, 2.45) is 0 Å². The Morgan fingerprint density at radius 3 is 1.74 bits per heavy atom. The average Bonchev–Trinajstić information content (AvgIpc) is 2.28. The molecule has 4 N–H and O–H groups in total. The van der Waals surface area contributed by atoms with Crippen LogP contribution in [0.2, 0.25) is 0 Å². The first-order chi connectivity index (χ1) is 8.90. The largest absolute Gasteiger partial charge is 0.508 e. The summed E-state index contributed by atoms with van der Waals surface area (Å²) >= 11 is 0. The van der Waals surface area contributed by atoms with Crippen LogP contribution in [0, 0.1) is 10.1 Å². The topological polar surface area (TPSA) is 124 Å². The third kappa shape index (κ3) is 4.43. The third-order valence-electron chi connectivity index (χ3n) is 1.99. The van der Waals surface area contributed by atoms with Crippen LogP contribution in [0.4, 0.5) is 5.69 Å². The highest BCUT2D eigenvalue weighted by atomic mass is 16.6. The van der Waals surface area contributed by atoms with Crippen molar-refractivity contribution in [3.05, 3.63) is 52.6 Å². The number of aromatic hydroxyl groups is 4. The fraction of sp³-hybridized carbons (Fsp3) is 0. The summed E-state index contributed by atoms with van der Waals surface area (Å²) in [6, 6.07) is 8.94. The van der Waals surface area contributed by atoms with Crippen LogP contribution in [0.1, 0.15) is 0 Å². The Morgan fingerprint density at radius 1 is 0.842 bits per heavy atom. The maximum atomic E-state index is 10.1. The van der Waals surface area contributed by atoms with Crippen LogP contribution in [0.3, 0.4) is 0 Å². The van der Waals surface area contributed by atoms with Crippen LogP contribution in [0.15, 0.2) is 42.5 Å². The Kier molecular flexibility index (Phi) is 4.53. The number of phenolic OH excluding ortho intramolecular Hbond substituents is 4. The smallest absolute Gasteiger partial charge is 0.310 e. The van der Waals surface area contributed by atoms with E-state index in [2.05, 4.69) is 0 Å². The molecular weight excluding hydrogens is 254 g/mol. The molecule has 0 unspecified atom stereocenters. The summed E-state index contributed by atoms with van der Waals surface area (Å²) in [5.74, 6) is -0.557. The maximum absolute atomic E-state index is 10.1. The molecule has 19 heavy (non-hydrogen) atoms. The SMILES string of the molecule is O=[N+]([O-])c1ccc(O)cc1O.Oc1cccc(O)c1. The minimum Gasteiger partial charge on any atom is -0.508 e. The highest BCUT2D eigenvalue weighted by Crippen LogP contribution is 2.28. The minimum absolute atomic E-state index is 0.0880. The lowest BCUT2D eigenvalue weighted by Gasteiger charge is -1.94. The summed E-state index contributed by atoms with van der Waals surface area (Å²) in [5, 5.41) is 45.0. The Morgan fingerprint density at radius 2 is 1.37 bits per heavy atom. The Balaban J connectivity index is 0.000000200. The molecule has 0 atom stereocenters. The van der Waals surface area contributed by atoms with E-state index in [1.807, 2.05) is 0 Å². The number of benzene rings is 2. The van der Waals surface area contributed by atoms with Crippen molar-refractivity contribution in [3.63, 3.8) is 0 Å². The lowest BCUT2D eigenvalue weighted by Crippen LogP contribution is -1.87. The molecule has 0 fully saturated rings. The molecule has 100 valence electrons. The lowest BCUT2D eigenvalue weighted by atomic mass is 10.3. The Hall–Kier alpha value is -2.96. The molecule has 0 radical (unpaired) electrons. The number of nitro groups is 1. The van der Waals surface area contributed by atoms with Gasteiger partial charge in [-0.15, -0.1) is 0 Å². The van der Waals surface area contributed by atoms with E-state index in [-0.39, 0.29) is 17.2 Å². The number of nitrogens with zero attached hydrogens (tertiary/aromatic N) is 1. The van der Waals surface area contributed by atoms with Gasteiger partial charge in [0.25, 0.3) is 0 Å². The standard InChI is InChI=1S/C6H5NO4.C6H6O2/c8-4-1-2-5(7(10)11)6(9)3-4;7-5-2-1-3-6(8)4-5/h1-3,8-9H;1-4,7-8H. The fourth-order valence-electron chi connectivity index (χ4n) is 1.16. The number of nitro benzene ring substituents is 1. The quantitative estimate of drug-likeness (QED) is 0.462. The number of hydrogen-bond acceptors (Lipinski definition) is 6. The molecule has 0 aliphatic carbocycles. The third-order valence-corrected chi connectivity index (χ3v) is 1.99. The van der Waals surface area contributed by atoms with Gasteiger partial charge < -0.3 is 20.4 Å². The maximum Gasteiger partial charge on any atom is 0.310 e. The van der Waals surface area contributed by atoms with Crippen LogP contribution in [-0.2, 0) is 0 Å². The summed E-state index contributed by atoms with van der Waals surface area (Å²) < 4.78 is 0. The molecule has 2 rings (SSSR count). The van der Waals surface area contributed by atoms with Crippen LogP contribution in [0.25, 0.3) is 0 Å². The van der Waals surface area contributed by atoms with Gasteiger partial charge in [0.2, 0.25) is 0 Å². The number of hydrogen-bond donors (Lipinski definition) is 4. The summed E-state index contributed by atoms with van der Waals surface area (Å²) in [5.41, 5.74) is -0.414. The summed E-state index contributed by atoms with van der Waals surface area (Å²) in [4.78, 5) is 9.37. The first kappa shape index (κ1) is 14.1. The molecule has 2 aromatic carbocycles. The second kappa shape index (κ2) is 6.10. The van der Waals surface area contributed by atoms with Gasteiger partial charge in [0.15, 0.2) is 5.75 Å². The zero-order valence-corrected chi connectivity index (χ0v) is 9.59. The number of phenols is 4. The minimum atomic E-state index is -0.727. The van der Waals surface area contributed by atoms with Crippen LogP contribution in [0.5, 0.6) is 23.0 Å². The molecule has 0 aliphatic heterocycles. The predicted molar refractivity (Wildman–Crippen MR) is 66.2 cm³/mol. The van der Waals surface area contributed by atoms with E-state index in [0.717, 1.165) is 18.2 Å². The molecule has 0 amide bonds. The molecule has 0 bridgehead atoms. The van der Waals surface area contributed by atoms with Gasteiger partial charge in [-0.1, -0.05) is 6.07 Å². The Bertz CT molecular complexity index is 567. The van der Waals surface area contributed by atoms with Crippen molar-refractivity contribution in [3.8, 4) is 23.0 Å². The zero-order valence-electron chi connectivity index (χ0n) is 9.59. The van der Waals surface area contributed by atoms with Gasteiger partial charge in [-0.05, 0) is 18.2 Å². The molecule has 0 aliphatic rings. The van der Waals surface area contributed by atoms with Gasteiger partial charge in [-0.3, -0.25) is 10.1 Å². The van der Waals surface area contributed by atoms with E-state index in [0.29, 0.717) is 0 Å². The van der Waals surface area contributed by atoms with Crippen LogP contribution < -0.4 is 0 Å². The highest BCUT2D eigenvalue weighted by Gasteiger charge is 2.11. The van der Waals surface area contributed by atoms with Gasteiger partial charge >= 0.3 is 5.69 Å². The first-order valence-electron chi connectivity index (χ1n) is 5.04. The second-order valence-electron chi connectivity index (χ2n) is 3.45. The molecule has 0 aromatic heterocycles. The molecular formula is C12H11NO6. The second-order valence-corrected chi connectivity index (χ2v) is 3.45. The van der Waals surface area contributed by atoms with E-state index < -0.39 is 16.4 Å². The van der Waals surface area contributed by atoms with E-state index in [9.17, 15) is 10.1 Å². The highest BCUT2D eigenvalue weighted by molar-refractivity contribution is 5.48. The van der Waals surface area contributed by atoms with E-state index in [1.165, 1.54) is 18.2 Å². The lowest BCUT2D eigenvalue weighted by molar-refractivity contribution is -0.385. The molecule has 7 heteroatoms. The molecule has 0 spiro atoms. The van der Waals surface area contributed by atoms with Gasteiger partial charge in [0.05, 0.1) is 4.92 Å². The van der Waals surface area contributed by atoms with E-state index in [4.69, 9.17) is 20.4 Å². The summed E-state index contributed by atoms with van der Waals surface area (Å²) in [7, 11) is 0. The number of rotatable bonds is 1. The molecule has 0 heterocycles. The summed E-state index contributed by atoms with van der Waals surface area (Å²) in [6.45, 7) is 0. The van der Waals surface area contributed by atoms with Crippen molar-refractivity contribution < 1.29 is 25.3 Å². The van der Waals surface area contributed by atoms with Crippen LogP contribution >= 0.6 is 0 Å². The van der Waals surface area contributed by atoms with Gasteiger partial charge in [-0.25, -0.2) is 0 Å². The first-order valence-corrected chi connectivity index (χ1v) is 5.04. The fourth-order valence-corrected chi connectivity index (χ4v) is 1.16. The van der Waals surface area contributed by atoms with E-state index in [1.54, 1.807) is 6.07 Å². The molecule has 7 nitrogen and oxygen atoms in total. The molecule has 0 saturated carbocycles. The van der Waals surface area contributed by atoms with Gasteiger partial charge in [0.1, 0.15) is 17.2 Å². The van der Waals surface area contributed by atoms with Crippen LogP contribution in [-0.4, -0.2) is 25.3 Å². The van der Waals surface area contributed by atoms with Crippen molar-refractivity contribution in [2.45, 2.75) is 0 Å². The van der Waals surface area contributed by atoms with Crippen molar-refractivity contribution >= 4 is 5.69 Å². The van der Waals surface area contributed by atoms with Crippen molar-refractivity contribution in [1.29, 1.82) is 0 Å². The summed E-state index contributed by atoms with van der Waals surface area (Å²) in [6.07, 6.45) is 0. The van der Waals surface area contributed by atoms with Crippen molar-refractivity contribution in [2.75, 3.05) is 0 Å². The Labute approximate surface area is 107 Å².